The standard InChI is InChI=1S/C29H30N4O3/c1-32(2)16-15-30-25(34)18-33-28(21-11-4-5-12-22(21)29(33)35)26-23-13-6-7-14-24(23)31-27(26)19-9-8-10-20(17-19)36-3/h4-14,17,28,31H,15-16,18H2,1-3H3,(H,30,34)/t28-/m0/s1. The molecule has 5 rings (SSSR count). The average Bonchev–Trinajstić information content (AvgIpc) is 3.39. The lowest BCUT2D eigenvalue weighted by atomic mass is 9.93. The quantitative estimate of drug-likeness (QED) is 0.397. The highest BCUT2D eigenvalue weighted by atomic mass is 16.5. The lowest BCUT2D eigenvalue weighted by molar-refractivity contribution is -0.122. The Kier molecular flexibility index (Phi) is 6.48. The fourth-order valence-electron chi connectivity index (χ4n) is 4.93. The second-order valence-electron chi connectivity index (χ2n) is 9.27. The van der Waals surface area contributed by atoms with Crippen LogP contribution in [0.2, 0.25) is 0 Å². The number of H-pyrrole nitrogens is 1. The first-order valence-electron chi connectivity index (χ1n) is 12.0. The number of ether oxygens (including phenoxy) is 1. The Bertz CT molecular complexity index is 1430. The number of nitrogens with zero attached hydrogens (tertiary/aromatic N) is 2. The monoisotopic (exact) mass is 482 g/mol. The molecule has 0 aliphatic carbocycles. The summed E-state index contributed by atoms with van der Waals surface area (Å²) in [7, 11) is 5.56. The first-order valence-corrected chi connectivity index (χ1v) is 12.0. The molecule has 1 aliphatic rings. The third-order valence-electron chi connectivity index (χ3n) is 6.63. The van der Waals surface area contributed by atoms with Crippen LogP contribution in [0.3, 0.4) is 0 Å². The van der Waals surface area contributed by atoms with E-state index in [1.54, 1.807) is 12.0 Å². The molecular formula is C29H30N4O3. The average molecular weight is 483 g/mol. The molecule has 184 valence electrons. The Morgan fingerprint density at radius 2 is 1.83 bits per heavy atom. The molecule has 1 aromatic heterocycles. The highest BCUT2D eigenvalue weighted by molar-refractivity contribution is 6.03. The van der Waals surface area contributed by atoms with Crippen LogP contribution < -0.4 is 10.1 Å². The maximum Gasteiger partial charge on any atom is 0.255 e. The van der Waals surface area contributed by atoms with Gasteiger partial charge in [-0.25, -0.2) is 0 Å². The van der Waals surface area contributed by atoms with Gasteiger partial charge in [0.2, 0.25) is 5.91 Å². The molecule has 0 fully saturated rings. The van der Waals surface area contributed by atoms with Crippen molar-refractivity contribution in [2.75, 3.05) is 40.8 Å². The molecule has 2 amide bonds. The first-order chi connectivity index (χ1) is 17.5. The number of methoxy groups -OCH3 is 1. The summed E-state index contributed by atoms with van der Waals surface area (Å²) in [5.41, 5.74) is 5.33. The van der Waals surface area contributed by atoms with Crippen LogP contribution in [-0.2, 0) is 4.79 Å². The Labute approximate surface area is 210 Å². The van der Waals surface area contributed by atoms with E-state index in [9.17, 15) is 9.59 Å². The summed E-state index contributed by atoms with van der Waals surface area (Å²) in [6.45, 7) is 1.22. The molecule has 0 saturated carbocycles. The van der Waals surface area contributed by atoms with Gasteiger partial charge in [0, 0.05) is 40.7 Å². The fourth-order valence-corrected chi connectivity index (χ4v) is 4.93. The third kappa shape index (κ3) is 4.33. The van der Waals surface area contributed by atoms with Crippen molar-refractivity contribution >= 4 is 22.7 Å². The Morgan fingerprint density at radius 1 is 1.06 bits per heavy atom. The van der Waals surface area contributed by atoms with Crippen molar-refractivity contribution in [3.63, 3.8) is 0 Å². The van der Waals surface area contributed by atoms with Crippen molar-refractivity contribution in [1.82, 2.24) is 20.1 Å². The highest BCUT2D eigenvalue weighted by Crippen LogP contribution is 2.45. The van der Waals surface area contributed by atoms with E-state index < -0.39 is 6.04 Å². The van der Waals surface area contributed by atoms with E-state index in [4.69, 9.17) is 4.74 Å². The van der Waals surface area contributed by atoms with Crippen LogP contribution in [-0.4, -0.2) is 67.4 Å². The molecule has 0 radical (unpaired) electrons. The number of rotatable bonds is 8. The number of hydrogen-bond acceptors (Lipinski definition) is 4. The van der Waals surface area contributed by atoms with E-state index in [0.29, 0.717) is 12.1 Å². The molecule has 36 heavy (non-hydrogen) atoms. The minimum absolute atomic E-state index is 0.0251. The Balaban J connectivity index is 1.63. The third-order valence-corrected chi connectivity index (χ3v) is 6.63. The second kappa shape index (κ2) is 9.87. The van der Waals surface area contributed by atoms with Crippen LogP contribution >= 0.6 is 0 Å². The van der Waals surface area contributed by atoms with E-state index in [-0.39, 0.29) is 18.4 Å². The number of aromatic nitrogens is 1. The van der Waals surface area contributed by atoms with Gasteiger partial charge in [-0.2, -0.15) is 0 Å². The van der Waals surface area contributed by atoms with Crippen LogP contribution in [0.25, 0.3) is 22.2 Å². The number of fused-ring (bicyclic) bond motifs is 2. The normalized spacial score (nSPS) is 14.9. The molecule has 7 nitrogen and oxygen atoms in total. The van der Waals surface area contributed by atoms with Crippen molar-refractivity contribution in [2.45, 2.75) is 6.04 Å². The van der Waals surface area contributed by atoms with Crippen LogP contribution in [0.1, 0.15) is 27.5 Å². The van der Waals surface area contributed by atoms with Gasteiger partial charge in [-0.1, -0.05) is 48.5 Å². The number of hydrogen-bond donors (Lipinski definition) is 2. The number of para-hydroxylation sites is 1. The molecule has 2 heterocycles. The first kappa shape index (κ1) is 23.6. The van der Waals surface area contributed by atoms with E-state index in [2.05, 4.69) is 16.4 Å². The fraction of sp³-hybridized carbons (Fsp3) is 0.241. The topological polar surface area (TPSA) is 77.7 Å². The highest BCUT2D eigenvalue weighted by Gasteiger charge is 2.40. The van der Waals surface area contributed by atoms with E-state index in [1.165, 1.54) is 0 Å². The van der Waals surface area contributed by atoms with Crippen molar-refractivity contribution in [2.24, 2.45) is 0 Å². The summed E-state index contributed by atoms with van der Waals surface area (Å²) in [5, 5.41) is 3.97. The van der Waals surface area contributed by atoms with Gasteiger partial charge in [-0.05, 0) is 43.9 Å². The number of aromatic amines is 1. The Hall–Kier alpha value is -4.10. The lowest BCUT2D eigenvalue weighted by Gasteiger charge is -2.26. The summed E-state index contributed by atoms with van der Waals surface area (Å²) in [5.74, 6) is 0.433. The number of likely N-dealkylation sites (N-methyl/N-ethyl adjacent to an activating group) is 1. The zero-order valence-corrected chi connectivity index (χ0v) is 20.7. The molecule has 3 aromatic carbocycles. The minimum atomic E-state index is -0.411. The number of amides is 2. The second-order valence-corrected chi connectivity index (χ2v) is 9.27. The van der Waals surface area contributed by atoms with Crippen LogP contribution in [0.4, 0.5) is 0 Å². The molecule has 0 saturated heterocycles. The molecule has 1 atom stereocenters. The SMILES string of the molecule is COc1cccc(-c2[nH]c3ccccc3c2[C@@H]2c3ccccc3C(=O)N2CC(=O)NCCN(C)C)c1. The van der Waals surface area contributed by atoms with Gasteiger partial charge in [0.05, 0.1) is 18.8 Å². The predicted octanol–water partition coefficient (Wildman–Crippen LogP) is 4.07. The summed E-state index contributed by atoms with van der Waals surface area (Å²) in [4.78, 5) is 33.8. The van der Waals surface area contributed by atoms with E-state index >= 15 is 0 Å². The van der Waals surface area contributed by atoms with Gasteiger partial charge in [-0.15, -0.1) is 0 Å². The summed E-state index contributed by atoms with van der Waals surface area (Å²) in [6.07, 6.45) is 0. The number of benzene rings is 3. The zero-order chi connectivity index (χ0) is 25.2. The summed E-state index contributed by atoms with van der Waals surface area (Å²) >= 11 is 0. The van der Waals surface area contributed by atoms with Gasteiger partial charge in [0.15, 0.2) is 0 Å². The molecule has 4 aromatic rings. The Morgan fingerprint density at radius 3 is 2.64 bits per heavy atom. The molecule has 0 spiro atoms. The van der Waals surface area contributed by atoms with Crippen molar-refractivity contribution in [1.29, 1.82) is 0 Å². The minimum Gasteiger partial charge on any atom is -0.497 e. The largest absolute Gasteiger partial charge is 0.497 e. The van der Waals surface area contributed by atoms with Crippen LogP contribution in [0, 0.1) is 0 Å². The molecule has 0 unspecified atom stereocenters. The molecule has 0 bridgehead atoms. The number of carbonyl (C=O) groups is 2. The summed E-state index contributed by atoms with van der Waals surface area (Å²) in [6, 6.07) is 23.2. The number of carbonyl (C=O) groups excluding carboxylic acids is 2. The molecular weight excluding hydrogens is 452 g/mol. The van der Waals surface area contributed by atoms with Gasteiger partial charge < -0.3 is 24.8 Å². The maximum absolute atomic E-state index is 13.6. The van der Waals surface area contributed by atoms with E-state index in [1.807, 2.05) is 85.7 Å². The van der Waals surface area contributed by atoms with Gasteiger partial charge >= 0.3 is 0 Å². The lowest BCUT2D eigenvalue weighted by Crippen LogP contribution is -2.41. The van der Waals surface area contributed by atoms with Gasteiger partial charge in [-0.3, -0.25) is 9.59 Å². The predicted molar refractivity (Wildman–Crippen MR) is 141 cm³/mol. The molecule has 1 aliphatic heterocycles. The van der Waals surface area contributed by atoms with Crippen molar-refractivity contribution in [3.8, 4) is 17.0 Å². The molecule has 7 heteroatoms. The van der Waals surface area contributed by atoms with Gasteiger partial charge in [0.1, 0.15) is 12.3 Å². The summed E-state index contributed by atoms with van der Waals surface area (Å²) < 4.78 is 5.48. The smallest absolute Gasteiger partial charge is 0.255 e. The van der Waals surface area contributed by atoms with Crippen LogP contribution in [0.5, 0.6) is 5.75 Å². The zero-order valence-electron chi connectivity index (χ0n) is 20.7. The van der Waals surface area contributed by atoms with Crippen molar-refractivity contribution < 1.29 is 14.3 Å². The molecule has 2 N–H and O–H groups in total. The van der Waals surface area contributed by atoms with E-state index in [0.717, 1.165) is 45.6 Å². The van der Waals surface area contributed by atoms with Gasteiger partial charge in [0.25, 0.3) is 5.91 Å². The van der Waals surface area contributed by atoms with Crippen molar-refractivity contribution in [3.05, 3.63) is 89.5 Å². The maximum atomic E-state index is 13.6. The van der Waals surface area contributed by atoms with Crippen LogP contribution in [0.15, 0.2) is 72.8 Å². The number of nitrogens with one attached hydrogen (secondary N) is 2.